The molecule has 0 radical (unpaired) electrons. The first-order valence-corrected chi connectivity index (χ1v) is 6.85. The highest BCUT2D eigenvalue weighted by Crippen LogP contribution is 2.39. The summed E-state index contributed by atoms with van der Waals surface area (Å²) in [5, 5.41) is 8.99. The first-order chi connectivity index (χ1) is 9.47. The average molecular weight is 298 g/mol. The second kappa shape index (κ2) is 7.25. The van der Waals surface area contributed by atoms with Gasteiger partial charge in [-0.3, -0.25) is 0 Å². The molecule has 5 heteroatoms. The number of ether oxygens (including phenoxy) is 3. The maximum absolute atomic E-state index is 8.99. The largest absolute Gasteiger partial charge is 0.493 e. The molecule has 0 atom stereocenters. The van der Waals surface area contributed by atoms with Gasteiger partial charge in [-0.2, -0.15) is 5.26 Å². The highest BCUT2D eigenvalue weighted by atomic mass is 35.5. The van der Waals surface area contributed by atoms with Crippen LogP contribution >= 0.6 is 11.6 Å². The van der Waals surface area contributed by atoms with E-state index in [4.69, 9.17) is 31.1 Å². The molecule has 0 aliphatic carbocycles. The number of nitriles is 1. The summed E-state index contributed by atoms with van der Waals surface area (Å²) >= 11 is 5.83. The van der Waals surface area contributed by atoms with E-state index < -0.39 is 5.41 Å². The zero-order chi connectivity index (χ0) is 15.2. The Morgan fingerprint density at radius 3 is 2.15 bits per heavy atom. The van der Waals surface area contributed by atoms with E-state index in [2.05, 4.69) is 6.07 Å². The maximum atomic E-state index is 8.99. The van der Waals surface area contributed by atoms with Gasteiger partial charge >= 0.3 is 0 Å². The van der Waals surface area contributed by atoms with Crippen LogP contribution in [0.25, 0.3) is 0 Å². The number of rotatable bonds is 7. The van der Waals surface area contributed by atoms with Crippen LogP contribution in [0.1, 0.15) is 25.8 Å². The summed E-state index contributed by atoms with van der Waals surface area (Å²) in [6.07, 6.45) is 0.618. The van der Waals surface area contributed by atoms with Crippen molar-refractivity contribution in [1.29, 1.82) is 5.26 Å². The summed E-state index contributed by atoms with van der Waals surface area (Å²) in [7, 11) is 3.14. The van der Waals surface area contributed by atoms with Crippen molar-refractivity contribution in [1.82, 2.24) is 0 Å². The minimum absolute atomic E-state index is 0.370. The Labute approximate surface area is 125 Å². The van der Waals surface area contributed by atoms with Crippen LogP contribution in [0.4, 0.5) is 0 Å². The van der Waals surface area contributed by atoms with Crippen LogP contribution < -0.4 is 14.2 Å². The molecule has 0 N–H and O–H groups in total. The third-order valence-electron chi connectivity index (χ3n) is 2.95. The van der Waals surface area contributed by atoms with E-state index in [0.29, 0.717) is 36.2 Å². The molecule has 0 aromatic heterocycles. The molecule has 0 fully saturated rings. The van der Waals surface area contributed by atoms with Crippen molar-refractivity contribution in [2.45, 2.75) is 26.1 Å². The van der Waals surface area contributed by atoms with E-state index in [1.54, 1.807) is 14.2 Å². The lowest BCUT2D eigenvalue weighted by molar-refractivity contribution is 0.240. The summed E-state index contributed by atoms with van der Waals surface area (Å²) in [6.45, 7) is 4.16. The van der Waals surface area contributed by atoms with Gasteiger partial charge in [-0.15, -0.1) is 11.6 Å². The molecule has 110 valence electrons. The lowest BCUT2D eigenvalue weighted by atomic mass is 9.92. The molecule has 0 aliphatic rings. The van der Waals surface area contributed by atoms with Gasteiger partial charge in [-0.25, -0.2) is 0 Å². The van der Waals surface area contributed by atoms with Crippen LogP contribution in [0.15, 0.2) is 12.1 Å². The van der Waals surface area contributed by atoms with E-state index >= 15 is 0 Å². The van der Waals surface area contributed by atoms with Crippen LogP contribution in [-0.2, 0) is 5.88 Å². The van der Waals surface area contributed by atoms with Crippen LogP contribution in [0.2, 0.25) is 0 Å². The quantitative estimate of drug-likeness (QED) is 0.719. The van der Waals surface area contributed by atoms with Gasteiger partial charge in [0, 0.05) is 5.88 Å². The Kier molecular flexibility index (Phi) is 5.97. The smallest absolute Gasteiger partial charge is 0.203 e. The zero-order valence-electron chi connectivity index (χ0n) is 12.3. The number of methoxy groups -OCH3 is 2. The predicted octanol–water partition coefficient (Wildman–Crippen LogP) is 3.76. The van der Waals surface area contributed by atoms with Crippen LogP contribution in [0, 0.1) is 16.7 Å². The Morgan fingerprint density at radius 2 is 1.75 bits per heavy atom. The SMILES string of the molecule is COc1cc(CCl)cc(OC)c1OCCC(C)(C)C#N. The lowest BCUT2D eigenvalue weighted by Gasteiger charge is -2.18. The monoisotopic (exact) mass is 297 g/mol. The topological polar surface area (TPSA) is 51.5 Å². The third-order valence-corrected chi connectivity index (χ3v) is 3.26. The summed E-state index contributed by atoms with van der Waals surface area (Å²) < 4.78 is 16.4. The molecular formula is C15H20ClNO3. The predicted molar refractivity (Wildman–Crippen MR) is 78.6 cm³/mol. The second-order valence-electron chi connectivity index (χ2n) is 5.06. The molecule has 0 amide bonds. The molecule has 1 aromatic carbocycles. The molecule has 4 nitrogen and oxygen atoms in total. The van der Waals surface area contributed by atoms with E-state index in [1.165, 1.54) is 0 Å². The van der Waals surface area contributed by atoms with E-state index in [0.717, 1.165) is 5.56 Å². The van der Waals surface area contributed by atoms with E-state index in [1.807, 2.05) is 26.0 Å². The molecule has 0 saturated carbocycles. The molecule has 0 saturated heterocycles. The highest BCUT2D eigenvalue weighted by Gasteiger charge is 2.19. The summed E-state index contributed by atoms with van der Waals surface area (Å²) in [4.78, 5) is 0. The number of benzene rings is 1. The van der Waals surface area contributed by atoms with Gasteiger partial charge in [-0.05, 0) is 38.0 Å². The molecule has 0 aliphatic heterocycles. The van der Waals surface area contributed by atoms with Crippen molar-refractivity contribution in [3.05, 3.63) is 17.7 Å². The van der Waals surface area contributed by atoms with Crippen molar-refractivity contribution in [2.24, 2.45) is 5.41 Å². The fourth-order valence-electron chi connectivity index (χ4n) is 1.62. The number of hydrogen-bond donors (Lipinski definition) is 0. The first-order valence-electron chi connectivity index (χ1n) is 6.32. The van der Waals surface area contributed by atoms with Crippen molar-refractivity contribution >= 4 is 11.6 Å². The zero-order valence-corrected chi connectivity index (χ0v) is 13.1. The minimum atomic E-state index is -0.420. The average Bonchev–Trinajstić information content (AvgIpc) is 2.46. The Morgan fingerprint density at radius 1 is 1.20 bits per heavy atom. The van der Waals surface area contributed by atoms with Crippen LogP contribution in [-0.4, -0.2) is 20.8 Å². The molecule has 0 spiro atoms. The Balaban J connectivity index is 2.91. The van der Waals surface area contributed by atoms with Crippen LogP contribution in [0.5, 0.6) is 17.2 Å². The fourth-order valence-corrected chi connectivity index (χ4v) is 1.77. The second-order valence-corrected chi connectivity index (χ2v) is 5.32. The van der Waals surface area contributed by atoms with Crippen molar-refractivity contribution in [3.63, 3.8) is 0 Å². The van der Waals surface area contributed by atoms with Crippen molar-refractivity contribution < 1.29 is 14.2 Å². The minimum Gasteiger partial charge on any atom is -0.493 e. The van der Waals surface area contributed by atoms with Crippen LogP contribution in [0.3, 0.4) is 0 Å². The summed E-state index contributed by atoms with van der Waals surface area (Å²) in [6, 6.07) is 5.88. The molecule has 0 heterocycles. The van der Waals surface area contributed by atoms with Crippen molar-refractivity contribution in [3.8, 4) is 23.3 Å². The van der Waals surface area contributed by atoms with Gasteiger partial charge in [0.15, 0.2) is 11.5 Å². The molecule has 0 unspecified atom stereocenters. The fraction of sp³-hybridized carbons (Fsp3) is 0.533. The molecule has 0 bridgehead atoms. The molecule has 1 aromatic rings. The highest BCUT2D eigenvalue weighted by molar-refractivity contribution is 6.17. The summed E-state index contributed by atoms with van der Waals surface area (Å²) in [5.74, 6) is 2.07. The summed E-state index contributed by atoms with van der Waals surface area (Å²) in [5.41, 5.74) is 0.473. The van der Waals surface area contributed by atoms with Crippen molar-refractivity contribution in [2.75, 3.05) is 20.8 Å². The number of alkyl halides is 1. The van der Waals surface area contributed by atoms with Gasteiger partial charge < -0.3 is 14.2 Å². The Hall–Kier alpha value is -1.60. The van der Waals surface area contributed by atoms with Gasteiger partial charge in [0.1, 0.15) is 0 Å². The lowest BCUT2D eigenvalue weighted by Crippen LogP contribution is -2.13. The molecule has 20 heavy (non-hydrogen) atoms. The van der Waals surface area contributed by atoms with Gasteiger partial charge in [-0.1, -0.05) is 0 Å². The van der Waals surface area contributed by atoms with Gasteiger partial charge in [0.05, 0.1) is 32.3 Å². The molecular weight excluding hydrogens is 278 g/mol. The van der Waals surface area contributed by atoms with E-state index in [-0.39, 0.29) is 0 Å². The number of halogens is 1. The van der Waals surface area contributed by atoms with Gasteiger partial charge in [0.2, 0.25) is 5.75 Å². The van der Waals surface area contributed by atoms with E-state index in [9.17, 15) is 0 Å². The number of nitrogens with zero attached hydrogens (tertiary/aromatic N) is 1. The maximum Gasteiger partial charge on any atom is 0.203 e. The molecule has 1 rings (SSSR count). The standard InChI is InChI=1S/C15H20ClNO3/c1-15(2,10-17)5-6-20-14-12(18-3)7-11(9-16)8-13(14)19-4/h7-8H,5-6,9H2,1-4H3. The number of hydrogen-bond acceptors (Lipinski definition) is 4. The Bertz CT molecular complexity index is 469. The normalized spacial score (nSPS) is 10.8. The first kappa shape index (κ1) is 16.5. The van der Waals surface area contributed by atoms with Gasteiger partial charge in [0.25, 0.3) is 0 Å². The third kappa shape index (κ3) is 4.21.